The fourth-order valence-electron chi connectivity index (χ4n) is 4.82. The van der Waals surface area contributed by atoms with Gasteiger partial charge in [-0.15, -0.1) is 0 Å². The molecule has 2 aromatic carbocycles. The van der Waals surface area contributed by atoms with Crippen molar-refractivity contribution in [1.82, 2.24) is 4.90 Å². The Hall–Kier alpha value is -2.79. The monoisotopic (exact) mass is 453 g/mol. The van der Waals surface area contributed by atoms with Gasteiger partial charge in [-0.1, -0.05) is 62.1 Å². The van der Waals surface area contributed by atoms with E-state index < -0.39 is 17.7 Å². The quantitative estimate of drug-likeness (QED) is 0.360. The molecule has 1 heterocycles. The van der Waals surface area contributed by atoms with Crippen LogP contribution in [0.5, 0.6) is 5.75 Å². The minimum atomic E-state index is -0.649. The Morgan fingerprint density at radius 2 is 1.78 bits per heavy atom. The number of benzene rings is 2. The van der Waals surface area contributed by atoms with Gasteiger partial charge >= 0.3 is 0 Å². The van der Waals surface area contributed by atoms with Gasteiger partial charge in [0.15, 0.2) is 0 Å². The summed E-state index contributed by atoms with van der Waals surface area (Å²) in [5.74, 6) is -0.930. The molecule has 2 aromatic rings. The fourth-order valence-corrected chi connectivity index (χ4v) is 5.08. The third-order valence-electron chi connectivity index (χ3n) is 6.58. The summed E-state index contributed by atoms with van der Waals surface area (Å²) in [6.45, 7) is 2.08. The highest BCUT2D eigenvalue weighted by Crippen LogP contribution is 2.43. The highest BCUT2D eigenvalue weighted by atomic mass is 35.5. The van der Waals surface area contributed by atoms with Crippen molar-refractivity contribution in [3.05, 3.63) is 69.8 Å². The highest BCUT2D eigenvalue weighted by molar-refractivity contribution is 6.46. The first-order chi connectivity index (χ1) is 15.5. The van der Waals surface area contributed by atoms with Gasteiger partial charge in [0.05, 0.1) is 23.7 Å². The fraction of sp³-hybridized carbons (Fsp3) is 0.385. The Morgan fingerprint density at radius 1 is 1.09 bits per heavy atom. The van der Waals surface area contributed by atoms with Crippen LogP contribution >= 0.6 is 11.6 Å². The Kier molecular flexibility index (Phi) is 6.56. The minimum absolute atomic E-state index is 0.0131. The molecule has 1 saturated heterocycles. The molecule has 168 valence electrons. The summed E-state index contributed by atoms with van der Waals surface area (Å²) in [6.07, 6.45) is 5.83. The molecule has 2 aliphatic rings. The summed E-state index contributed by atoms with van der Waals surface area (Å²) in [4.78, 5) is 28.1. The number of aliphatic hydroxyl groups is 1. The number of methoxy groups -OCH3 is 1. The minimum Gasteiger partial charge on any atom is -0.507 e. The van der Waals surface area contributed by atoms with Crippen LogP contribution in [-0.4, -0.2) is 34.8 Å². The molecule has 0 aromatic heterocycles. The number of halogens is 1. The SMILES string of the molecule is CCc1ccc(C2/C(=C(/O)c3ccc(OC)c(Cl)c3)C(=O)C(=O)N2C2CCCCC2)cc1. The number of carbonyl (C=O) groups is 2. The zero-order chi connectivity index (χ0) is 22.8. The van der Waals surface area contributed by atoms with E-state index >= 15 is 0 Å². The molecule has 1 aliphatic heterocycles. The van der Waals surface area contributed by atoms with Gasteiger partial charge in [0.2, 0.25) is 0 Å². The van der Waals surface area contributed by atoms with Gasteiger partial charge in [-0.05, 0) is 48.6 Å². The molecule has 0 bridgehead atoms. The standard InChI is InChI=1S/C26H28ClNO4/c1-3-16-9-11-17(12-10-16)23-22(24(29)18-13-14-21(32-2)20(27)15-18)25(30)26(31)28(23)19-7-5-4-6-8-19/h9-15,19,23,29H,3-8H2,1-2H3/b24-22-. The van der Waals surface area contributed by atoms with Crippen LogP contribution in [0.4, 0.5) is 0 Å². The van der Waals surface area contributed by atoms with Crippen LogP contribution in [-0.2, 0) is 16.0 Å². The maximum absolute atomic E-state index is 13.2. The maximum Gasteiger partial charge on any atom is 0.295 e. The first kappa shape index (κ1) is 22.4. The van der Waals surface area contributed by atoms with E-state index in [2.05, 4.69) is 6.92 Å². The highest BCUT2D eigenvalue weighted by Gasteiger charge is 2.48. The number of aryl methyl sites for hydroxylation is 1. The second-order valence-electron chi connectivity index (χ2n) is 8.44. The van der Waals surface area contributed by atoms with Crippen molar-refractivity contribution in [3.63, 3.8) is 0 Å². The van der Waals surface area contributed by atoms with E-state index in [9.17, 15) is 14.7 Å². The van der Waals surface area contributed by atoms with Gasteiger partial charge in [-0.3, -0.25) is 9.59 Å². The number of likely N-dealkylation sites (tertiary alicyclic amines) is 1. The normalized spacial score (nSPS) is 21.2. The average Bonchev–Trinajstić information content (AvgIpc) is 3.09. The van der Waals surface area contributed by atoms with Crippen LogP contribution in [0.1, 0.15) is 61.8 Å². The number of aliphatic hydroxyl groups excluding tert-OH is 1. The maximum atomic E-state index is 13.2. The van der Waals surface area contributed by atoms with Crippen LogP contribution in [0.3, 0.4) is 0 Å². The smallest absolute Gasteiger partial charge is 0.295 e. The van der Waals surface area contributed by atoms with Gasteiger partial charge in [0.25, 0.3) is 11.7 Å². The number of amides is 1. The van der Waals surface area contributed by atoms with E-state index in [1.54, 1.807) is 23.1 Å². The van der Waals surface area contributed by atoms with Crippen molar-refractivity contribution in [1.29, 1.82) is 0 Å². The largest absolute Gasteiger partial charge is 0.507 e. The van der Waals surface area contributed by atoms with Crippen LogP contribution < -0.4 is 4.74 Å². The van der Waals surface area contributed by atoms with E-state index in [-0.39, 0.29) is 17.4 Å². The molecule has 1 N–H and O–H groups in total. The van der Waals surface area contributed by atoms with E-state index in [0.717, 1.165) is 44.1 Å². The number of ether oxygens (including phenoxy) is 1. The summed E-state index contributed by atoms with van der Waals surface area (Å²) in [6, 6.07) is 12.2. The topological polar surface area (TPSA) is 66.8 Å². The predicted octanol–water partition coefficient (Wildman–Crippen LogP) is 5.67. The lowest BCUT2D eigenvalue weighted by Crippen LogP contribution is -2.40. The first-order valence-corrected chi connectivity index (χ1v) is 11.6. The third kappa shape index (κ3) is 4.02. The molecule has 6 heteroatoms. The number of rotatable bonds is 5. The van der Waals surface area contributed by atoms with E-state index in [4.69, 9.17) is 16.3 Å². The summed E-state index contributed by atoms with van der Waals surface area (Å²) >= 11 is 6.26. The molecule has 1 aliphatic carbocycles. The van der Waals surface area contributed by atoms with Crippen molar-refractivity contribution in [2.75, 3.05) is 7.11 Å². The van der Waals surface area contributed by atoms with Gasteiger partial charge in [-0.2, -0.15) is 0 Å². The zero-order valence-corrected chi connectivity index (χ0v) is 19.2. The van der Waals surface area contributed by atoms with E-state index in [1.165, 1.54) is 12.7 Å². The average molecular weight is 454 g/mol. The summed E-state index contributed by atoms with van der Waals surface area (Å²) in [5, 5.41) is 11.5. The molecule has 1 atom stereocenters. The summed E-state index contributed by atoms with van der Waals surface area (Å²) in [5.41, 5.74) is 2.50. The Balaban J connectivity index is 1.85. The van der Waals surface area contributed by atoms with E-state index in [0.29, 0.717) is 16.3 Å². The molecule has 5 nitrogen and oxygen atoms in total. The molecule has 1 amide bonds. The van der Waals surface area contributed by atoms with Crippen molar-refractivity contribution in [2.45, 2.75) is 57.5 Å². The van der Waals surface area contributed by atoms with Crippen LogP contribution in [0.25, 0.3) is 5.76 Å². The lowest BCUT2D eigenvalue weighted by molar-refractivity contribution is -0.141. The molecule has 0 radical (unpaired) electrons. The third-order valence-corrected chi connectivity index (χ3v) is 6.87. The first-order valence-electron chi connectivity index (χ1n) is 11.2. The number of ketones is 1. The van der Waals surface area contributed by atoms with Gasteiger partial charge in [0, 0.05) is 11.6 Å². The van der Waals surface area contributed by atoms with Crippen molar-refractivity contribution in [3.8, 4) is 5.75 Å². The van der Waals surface area contributed by atoms with Crippen LogP contribution in [0, 0.1) is 0 Å². The predicted molar refractivity (Wildman–Crippen MR) is 125 cm³/mol. The molecule has 1 unspecified atom stereocenters. The van der Waals surface area contributed by atoms with Gasteiger partial charge in [-0.25, -0.2) is 0 Å². The number of hydrogen-bond donors (Lipinski definition) is 1. The van der Waals surface area contributed by atoms with Crippen LogP contribution in [0.15, 0.2) is 48.0 Å². The van der Waals surface area contributed by atoms with Crippen molar-refractivity contribution in [2.24, 2.45) is 0 Å². The summed E-state index contributed by atoms with van der Waals surface area (Å²) < 4.78 is 5.19. The Morgan fingerprint density at radius 3 is 2.38 bits per heavy atom. The molecular formula is C26H28ClNO4. The second kappa shape index (κ2) is 9.37. The number of carbonyl (C=O) groups excluding carboxylic acids is 2. The van der Waals surface area contributed by atoms with Crippen molar-refractivity contribution < 1.29 is 19.4 Å². The number of nitrogens with zero attached hydrogens (tertiary/aromatic N) is 1. The van der Waals surface area contributed by atoms with Gasteiger partial charge in [0.1, 0.15) is 11.5 Å². The Bertz CT molecular complexity index is 1050. The molecule has 2 fully saturated rings. The van der Waals surface area contributed by atoms with E-state index in [1.807, 2.05) is 24.3 Å². The zero-order valence-electron chi connectivity index (χ0n) is 18.4. The van der Waals surface area contributed by atoms with Crippen LogP contribution in [0.2, 0.25) is 5.02 Å². The Labute approximate surface area is 193 Å². The molecule has 4 rings (SSSR count). The molecule has 32 heavy (non-hydrogen) atoms. The molecule has 1 saturated carbocycles. The lowest BCUT2D eigenvalue weighted by Gasteiger charge is -2.35. The lowest BCUT2D eigenvalue weighted by atomic mass is 9.90. The van der Waals surface area contributed by atoms with Crippen molar-refractivity contribution >= 4 is 29.1 Å². The summed E-state index contributed by atoms with van der Waals surface area (Å²) in [7, 11) is 1.51. The number of Topliss-reactive ketones (excluding diaryl/α,β-unsaturated/α-hetero) is 1. The van der Waals surface area contributed by atoms with Gasteiger partial charge < -0.3 is 14.7 Å². The number of hydrogen-bond acceptors (Lipinski definition) is 4. The molecular weight excluding hydrogens is 426 g/mol. The molecule has 0 spiro atoms. The second-order valence-corrected chi connectivity index (χ2v) is 8.85.